The highest BCUT2D eigenvalue weighted by atomic mass is 16.2. The Morgan fingerprint density at radius 1 is 1.25 bits per heavy atom. The van der Waals surface area contributed by atoms with Crippen LogP contribution in [0.25, 0.3) is 0 Å². The number of hydrogen-bond acceptors (Lipinski definition) is 2. The summed E-state index contributed by atoms with van der Waals surface area (Å²) in [4.78, 5) is 14.8. The maximum Gasteiger partial charge on any atom is 0.223 e. The summed E-state index contributed by atoms with van der Waals surface area (Å²) < 4.78 is 0. The van der Waals surface area contributed by atoms with E-state index in [2.05, 4.69) is 31.0 Å². The maximum absolute atomic E-state index is 12.6. The average Bonchev–Trinajstić information content (AvgIpc) is 3.24. The van der Waals surface area contributed by atoms with E-state index >= 15 is 0 Å². The van der Waals surface area contributed by atoms with Crippen LogP contribution in [-0.2, 0) is 4.79 Å². The zero-order valence-electron chi connectivity index (χ0n) is 13.5. The second-order valence-corrected chi connectivity index (χ2v) is 7.29. The van der Waals surface area contributed by atoms with Gasteiger partial charge in [0.25, 0.3) is 0 Å². The highest BCUT2D eigenvalue weighted by Crippen LogP contribution is 2.30. The normalized spacial score (nSPS) is 24.7. The first kappa shape index (κ1) is 15.8. The molecule has 1 saturated carbocycles. The van der Waals surface area contributed by atoms with Gasteiger partial charge in [-0.25, -0.2) is 0 Å². The molecule has 20 heavy (non-hydrogen) atoms. The number of nitrogens with one attached hydrogen (secondary N) is 1. The van der Waals surface area contributed by atoms with Crippen molar-refractivity contribution in [1.29, 1.82) is 0 Å². The summed E-state index contributed by atoms with van der Waals surface area (Å²) in [6, 6.07) is 0.568. The summed E-state index contributed by atoms with van der Waals surface area (Å²) in [5.41, 5.74) is 0. The third kappa shape index (κ3) is 4.76. The first-order valence-electron chi connectivity index (χ1n) is 8.58. The lowest BCUT2D eigenvalue weighted by atomic mass is 9.85. The molecule has 0 radical (unpaired) electrons. The first-order valence-corrected chi connectivity index (χ1v) is 8.58. The number of rotatable bonds is 7. The van der Waals surface area contributed by atoms with Crippen LogP contribution < -0.4 is 5.32 Å². The Morgan fingerprint density at radius 2 is 2.00 bits per heavy atom. The summed E-state index contributed by atoms with van der Waals surface area (Å²) in [5, 5.41) is 3.47. The highest BCUT2D eigenvalue weighted by Gasteiger charge is 2.33. The van der Waals surface area contributed by atoms with E-state index in [1.807, 2.05) is 0 Å². The number of amides is 1. The van der Waals surface area contributed by atoms with Crippen LogP contribution in [0.1, 0.15) is 59.3 Å². The molecule has 0 spiro atoms. The second-order valence-electron chi connectivity index (χ2n) is 7.29. The Hall–Kier alpha value is -0.570. The molecular weight excluding hydrogens is 248 g/mol. The number of carbonyl (C=O) groups excluding carboxylic acids is 1. The van der Waals surface area contributed by atoms with Gasteiger partial charge in [-0.05, 0) is 62.9 Å². The fourth-order valence-corrected chi connectivity index (χ4v) is 3.22. The van der Waals surface area contributed by atoms with Crippen molar-refractivity contribution in [3.05, 3.63) is 0 Å². The summed E-state index contributed by atoms with van der Waals surface area (Å²) in [6.07, 6.45) is 6.90. The quantitative estimate of drug-likeness (QED) is 0.777. The molecule has 1 heterocycles. The minimum Gasteiger partial charge on any atom is -0.340 e. The molecule has 2 atom stereocenters. The van der Waals surface area contributed by atoms with Crippen molar-refractivity contribution in [3.63, 3.8) is 0 Å². The number of piperidine rings is 1. The van der Waals surface area contributed by atoms with Crippen LogP contribution in [-0.4, -0.2) is 36.5 Å². The van der Waals surface area contributed by atoms with E-state index in [1.165, 1.54) is 25.7 Å². The van der Waals surface area contributed by atoms with E-state index in [9.17, 15) is 4.79 Å². The Balaban J connectivity index is 1.80. The van der Waals surface area contributed by atoms with E-state index in [-0.39, 0.29) is 0 Å². The summed E-state index contributed by atoms with van der Waals surface area (Å²) in [7, 11) is 0. The first-order chi connectivity index (χ1) is 9.58. The second kappa shape index (κ2) is 7.44. The van der Waals surface area contributed by atoms with E-state index in [4.69, 9.17) is 0 Å². The van der Waals surface area contributed by atoms with Gasteiger partial charge in [-0.3, -0.25) is 4.79 Å². The third-order valence-electron chi connectivity index (χ3n) is 4.89. The Bertz CT molecular complexity index is 306. The summed E-state index contributed by atoms with van der Waals surface area (Å²) in [6.45, 7) is 9.97. The van der Waals surface area contributed by atoms with E-state index in [0.717, 1.165) is 32.5 Å². The van der Waals surface area contributed by atoms with E-state index in [0.29, 0.717) is 29.7 Å². The van der Waals surface area contributed by atoms with Gasteiger partial charge in [-0.2, -0.15) is 0 Å². The zero-order chi connectivity index (χ0) is 14.5. The lowest BCUT2D eigenvalue weighted by molar-refractivity contribution is -0.133. The van der Waals surface area contributed by atoms with Gasteiger partial charge in [-0.15, -0.1) is 0 Å². The van der Waals surface area contributed by atoms with Crippen LogP contribution in [0.5, 0.6) is 0 Å². The predicted octanol–water partition coefficient (Wildman–Crippen LogP) is 3.05. The molecule has 3 nitrogen and oxygen atoms in total. The lowest BCUT2D eigenvalue weighted by Crippen LogP contribution is -2.38. The smallest absolute Gasteiger partial charge is 0.223 e. The molecule has 2 aliphatic rings. The van der Waals surface area contributed by atoms with Gasteiger partial charge < -0.3 is 10.2 Å². The molecule has 1 aliphatic heterocycles. The van der Waals surface area contributed by atoms with Gasteiger partial charge in [0.1, 0.15) is 0 Å². The molecule has 0 aromatic rings. The molecule has 1 N–H and O–H groups in total. The van der Waals surface area contributed by atoms with E-state index < -0.39 is 0 Å². The SMILES string of the molecule is CC(C)CCN(C(=O)CC(C)C1CCCNC1)C1CC1. The molecule has 2 fully saturated rings. The molecule has 0 bridgehead atoms. The standard InChI is InChI=1S/C17H32N2O/c1-13(2)8-10-19(16-6-7-16)17(20)11-14(3)15-5-4-9-18-12-15/h13-16,18H,4-12H2,1-3H3. The topological polar surface area (TPSA) is 32.3 Å². The van der Waals surface area contributed by atoms with Crippen LogP contribution in [0, 0.1) is 17.8 Å². The van der Waals surface area contributed by atoms with Crippen LogP contribution in [0.3, 0.4) is 0 Å². The molecule has 3 heteroatoms. The molecule has 0 aromatic heterocycles. The van der Waals surface area contributed by atoms with Crippen LogP contribution in [0.2, 0.25) is 0 Å². The van der Waals surface area contributed by atoms with Gasteiger partial charge in [0.15, 0.2) is 0 Å². The Labute approximate surface area is 124 Å². The van der Waals surface area contributed by atoms with Crippen molar-refractivity contribution in [1.82, 2.24) is 10.2 Å². The minimum absolute atomic E-state index is 0.409. The number of carbonyl (C=O) groups is 1. The largest absolute Gasteiger partial charge is 0.340 e. The Morgan fingerprint density at radius 3 is 2.55 bits per heavy atom. The minimum atomic E-state index is 0.409. The molecule has 2 rings (SSSR count). The van der Waals surface area contributed by atoms with Gasteiger partial charge in [0.05, 0.1) is 0 Å². The molecule has 1 aliphatic carbocycles. The lowest BCUT2D eigenvalue weighted by Gasteiger charge is -2.30. The van der Waals surface area contributed by atoms with Crippen LogP contribution in [0.4, 0.5) is 0 Å². The molecule has 2 unspecified atom stereocenters. The molecule has 0 aromatic carbocycles. The maximum atomic E-state index is 12.6. The van der Waals surface area contributed by atoms with Crippen molar-refractivity contribution in [2.45, 2.75) is 65.3 Å². The van der Waals surface area contributed by atoms with Crippen LogP contribution in [0.15, 0.2) is 0 Å². The van der Waals surface area contributed by atoms with Gasteiger partial charge in [0, 0.05) is 19.0 Å². The van der Waals surface area contributed by atoms with Crippen molar-refractivity contribution in [2.75, 3.05) is 19.6 Å². The summed E-state index contributed by atoms with van der Waals surface area (Å²) >= 11 is 0. The monoisotopic (exact) mass is 280 g/mol. The third-order valence-corrected chi connectivity index (χ3v) is 4.89. The van der Waals surface area contributed by atoms with Crippen molar-refractivity contribution < 1.29 is 4.79 Å². The van der Waals surface area contributed by atoms with Gasteiger partial charge >= 0.3 is 0 Å². The molecule has 1 saturated heterocycles. The van der Waals surface area contributed by atoms with E-state index in [1.54, 1.807) is 0 Å². The fraction of sp³-hybridized carbons (Fsp3) is 0.941. The average molecular weight is 280 g/mol. The number of hydrogen-bond donors (Lipinski definition) is 1. The highest BCUT2D eigenvalue weighted by molar-refractivity contribution is 5.77. The molecule has 116 valence electrons. The van der Waals surface area contributed by atoms with Crippen molar-refractivity contribution in [3.8, 4) is 0 Å². The van der Waals surface area contributed by atoms with Gasteiger partial charge in [0.2, 0.25) is 5.91 Å². The zero-order valence-corrected chi connectivity index (χ0v) is 13.5. The van der Waals surface area contributed by atoms with Gasteiger partial charge in [-0.1, -0.05) is 20.8 Å². The molecular formula is C17H32N2O. The molecule has 1 amide bonds. The Kier molecular flexibility index (Phi) is 5.88. The van der Waals surface area contributed by atoms with Crippen molar-refractivity contribution in [2.24, 2.45) is 17.8 Å². The number of nitrogens with zero attached hydrogens (tertiary/aromatic N) is 1. The predicted molar refractivity (Wildman–Crippen MR) is 83.6 cm³/mol. The fourth-order valence-electron chi connectivity index (χ4n) is 3.22. The summed E-state index contributed by atoms with van der Waals surface area (Å²) in [5.74, 6) is 2.31. The van der Waals surface area contributed by atoms with Crippen LogP contribution >= 0.6 is 0 Å². The van der Waals surface area contributed by atoms with Crippen molar-refractivity contribution >= 4 is 5.91 Å².